The molecule has 37 heavy (non-hydrogen) atoms. The van der Waals surface area contributed by atoms with Crippen LogP contribution in [0.4, 0.5) is 0 Å². The van der Waals surface area contributed by atoms with E-state index in [0.29, 0.717) is 31.0 Å². The lowest BCUT2D eigenvalue weighted by molar-refractivity contribution is -0.0593. The Morgan fingerprint density at radius 3 is 2.19 bits per heavy atom. The molecule has 0 spiro atoms. The van der Waals surface area contributed by atoms with Crippen LogP contribution in [0.2, 0.25) is 0 Å². The minimum atomic E-state index is -0.0851. The van der Waals surface area contributed by atoms with Gasteiger partial charge in [-0.1, -0.05) is 56.3 Å². The van der Waals surface area contributed by atoms with E-state index >= 15 is 0 Å². The highest BCUT2D eigenvalue weighted by molar-refractivity contribution is 6.11. The van der Waals surface area contributed by atoms with Gasteiger partial charge >= 0.3 is 0 Å². The number of ether oxygens (including phenoxy) is 5. The highest BCUT2D eigenvalue weighted by atomic mass is 16.6. The maximum absolute atomic E-state index is 11.2. The summed E-state index contributed by atoms with van der Waals surface area (Å²) in [5, 5.41) is 14.3. The van der Waals surface area contributed by atoms with E-state index in [4.69, 9.17) is 23.7 Å². The Hall–Kier alpha value is -3.32. The molecule has 1 N–H and O–H groups in total. The van der Waals surface area contributed by atoms with Gasteiger partial charge in [0.05, 0.1) is 32.0 Å². The van der Waals surface area contributed by atoms with Crippen LogP contribution < -0.4 is 9.47 Å². The van der Waals surface area contributed by atoms with Crippen LogP contribution >= 0.6 is 0 Å². The summed E-state index contributed by atoms with van der Waals surface area (Å²) in [7, 11) is 0. The van der Waals surface area contributed by atoms with E-state index in [1.54, 1.807) is 0 Å². The van der Waals surface area contributed by atoms with E-state index < -0.39 is 0 Å². The Balaban J connectivity index is 1.36. The monoisotopic (exact) mass is 502 g/mol. The van der Waals surface area contributed by atoms with E-state index in [0.717, 1.165) is 47.1 Å². The van der Waals surface area contributed by atoms with Gasteiger partial charge in [-0.05, 0) is 43.2 Å². The van der Waals surface area contributed by atoms with Gasteiger partial charge in [0.2, 0.25) is 0 Å². The third-order valence-electron chi connectivity index (χ3n) is 6.66. The number of phenols is 1. The Morgan fingerprint density at radius 1 is 0.784 bits per heavy atom. The van der Waals surface area contributed by atoms with Gasteiger partial charge in [0.15, 0.2) is 0 Å². The predicted molar refractivity (Wildman–Crippen MR) is 145 cm³/mol. The van der Waals surface area contributed by atoms with E-state index in [2.05, 4.69) is 13.8 Å². The molecule has 5 rings (SSSR count). The molecule has 0 bridgehead atoms. The minimum Gasteiger partial charge on any atom is -0.507 e. The molecule has 1 fully saturated rings. The fraction of sp³-hybridized carbons (Fsp3) is 0.355. The second kappa shape index (κ2) is 11.8. The SMILES string of the molecule is CCC(COc1c2ccccc2c(O)c2cc(Oc3ccccc3)ccc12)OCC(CC)OCC1CO1. The van der Waals surface area contributed by atoms with Crippen molar-refractivity contribution in [3.63, 3.8) is 0 Å². The highest BCUT2D eigenvalue weighted by Gasteiger charge is 2.24. The first kappa shape index (κ1) is 25.3. The van der Waals surface area contributed by atoms with Gasteiger partial charge in [0.25, 0.3) is 0 Å². The molecule has 0 amide bonds. The zero-order chi connectivity index (χ0) is 25.6. The topological polar surface area (TPSA) is 69.7 Å². The van der Waals surface area contributed by atoms with Gasteiger partial charge in [-0.15, -0.1) is 0 Å². The summed E-state index contributed by atoms with van der Waals surface area (Å²) in [4.78, 5) is 0. The van der Waals surface area contributed by atoms with Crippen LogP contribution in [0.25, 0.3) is 21.5 Å². The van der Waals surface area contributed by atoms with Crippen molar-refractivity contribution in [3.8, 4) is 23.0 Å². The number of aromatic hydroxyl groups is 1. The molecule has 6 heteroatoms. The van der Waals surface area contributed by atoms with Crippen LogP contribution in [-0.2, 0) is 14.2 Å². The van der Waals surface area contributed by atoms with Gasteiger partial charge in [-0.2, -0.15) is 0 Å². The summed E-state index contributed by atoms with van der Waals surface area (Å²) in [6.07, 6.45) is 1.89. The fourth-order valence-electron chi connectivity index (χ4n) is 4.33. The lowest BCUT2D eigenvalue weighted by atomic mass is 10.0. The number of para-hydroxylation sites is 1. The second-order valence-electron chi connectivity index (χ2n) is 9.34. The number of hydrogen-bond donors (Lipinski definition) is 1. The van der Waals surface area contributed by atoms with Crippen LogP contribution in [0.5, 0.6) is 23.0 Å². The lowest BCUT2D eigenvalue weighted by Gasteiger charge is -2.22. The third-order valence-corrected chi connectivity index (χ3v) is 6.66. The fourth-order valence-corrected chi connectivity index (χ4v) is 4.33. The maximum Gasteiger partial charge on any atom is 0.135 e. The predicted octanol–water partition coefficient (Wildman–Crippen LogP) is 6.86. The molecular weight excluding hydrogens is 468 g/mol. The quantitative estimate of drug-likeness (QED) is 0.159. The second-order valence-corrected chi connectivity index (χ2v) is 9.34. The first-order valence-electron chi connectivity index (χ1n) is 13.0. The minimum absolute atomic E-state index is 0.0385. The molecule has 3 atom stereocenters. The molecular formula is C31H34O6. The van der Waals surface area contributed by atoms with Crippen LogP contribution in [0.1, 0.15) is 26.7 Å². The average molecular weight is 503 g/mol. The molecule has 6 nitrogen and oxygen atoms in total. The molecule has 194 valence electrons. The van der Waals surface area contributed by atoms with E-state index in [-0.39, 0.29) is 24.1 Å². The van der Waals surface area contributed by atoms with Gasteiger partial charge in [0, 0.05) is 21.5 Å². The van der Waals surface area contributed by atoms with Crippen molar-refractivity contribution in [1.82, 2.24) is 0 Å². The lowest BCUT2D eigenvalue weighted by Crippen LogP contribution is -2.28. The van der Waals surface area contributed by atoms with Crippen molar-refractivity contribution in [2.45, 2.75) is 45.0 Å². The molecule has 3 unspecified atom stereocenters. The van der Waals surface area contributed by atoms with Gasteiger partial charge in [-0.3, -0.25) is 0 Å². The molecule has 0 aromatic heterocycles. The van der Waals surface area contributed by atoms with Crippen LogP contribution in [0.15, 0.2) is 72.8 Å². The molecule has 0 aliphatic carbocycles. The van der Waals surface area contributed by atoms with Crippen molar-refractivity contribution < 1.29 is 28.8 Å². The van der Waals surface area contributed by atoms with Crippen molar-refractivity contribution in [1.29, 1.82) is 0 Å². The number of hydrogen-bond acceptors (Lipinski definition) is 6. The largest absolute Gasteiger partial charge is 0.507 e. The summed E-state index contributed by atoms with van der Waals surface area (Å²) in [6.45, 7) is 6.51. The molecule has 4 aromatic carbocycles. The maximum atomic E-state index is 11.2. The Morgan fingerprint density at radius 2 is 1.46 bits per heavy atom. The molecule has 1 saturated heterocycles. The molecule has 1 aliphatic heterocycles. The first-order valence-corrected chi connectivity index (χ1v) is 13.0. The molecule has 0 saturated carbocycles. The highest BCUT2D eigenvalue weighted by Crippen LogP contribution is 2.43. The zero-order valence-corrected chi connectivity index (χ0v) is 21.4. The molecule has 1 aliphatic rings. The number of benzene rings is 4. The number of rotatable bonds is 13. The van der Waals surface area contributed by atoms with Crippen molar-refractivity contribution >= 4 is 21.5 Å². The van der Waals surface area contributed by atoms with Crippen molar-refractivity contribution in [3.05, 3.63) is 72.8 Å². The number of fused-ring (bicyclic) bond motifs is 2. The summed E-state index contributed by atoms with van der Waals surface area (Å²) in [6, 6.07) is 23.0. The van der Waals surface area contributed by atoms with Crippen molar-refractivity contribution in [2.24, 2.45) is 0 Å². The molecule has 1 heterocycles. The van der Waals surface area contributed by atoms with Crippen molar-refractivity contribution in [2.75, 3.05) is 26.4 Å². The van der Waals surface area contributed by atoms with E-state index in [1.165, 1.54) is 0 Å². The van der Waals surface area contributed by atoms with Gasteiger partial charge < -0.3 is 28.8 Å². The zero-order valence-electron chi connectivity index (χ0n) is 21.4. The number of phenolic OH excluding ortho intramolecular Hbond substituents is 1. The Kier molecular flexibility index (Phi) is 8.09. The normalized spacial score (nSPS) is 16.5. The van der Waals surface area contributed by atoms with Crippen LogP contribution in [-0.4, -0.2) is 49.8 Å². The summed E-state index contributed by atoms with van der Waals surface area (Å²) in [5.74, 6) is 2.32. The van der Waals surface area contributed by atoms with Crippen LogP contribution in [0.3, 0.4) is 0 Å². The number of epoxide rings is 1. The van der Waals surface area contributed by atoms with E-state index in [1.807, 2.05) is 72.8 Å². The van der Waals surface area contributed by atoms with Gasteiger partial charge in [0.1, 0.15) is 35.7 Å². The smallest absolute Gasteiger partial charge is 0.135 e. The van der Waals surface area contributed by atoms with Gasteiger partial charge in [-0.25, -0.2) is 0 Å². The van der Waals surface area contributed by atoms with Crippen LogP contribution in [0, 0.1) is 0 Å². The Labute approximate surface area is 217 Å². The van der Waals surface area contributed by atoms with E-state index in [9.17, 15) is 5.11 Å². The third kappa shape index (κ3) is 6.16. The average Bonchev–Trinajstić information content (AvgIpc) is 3.77. The summed E-state index contributed by atoms with van der Waals surface area (Å²) >= 11 is 0. The summed E-state index contributed by atoms with van der Waals surface area (Å²) in [5.41, 5.74) is 0. The summed E-state index contributed by atoms with van der Waals surface area (Å²) < 4.78 is 29.8. The first-order chi connectivity index (χ1) is 18.2. The molecule has 4 aromatic rings. The standard InChI is InChI=1S/C31H34O6/c1-3-21(34-19-25-20-35-25)17-33-22(4-2)18-36-31-27-13-9-8-12-26(27)30(32)29-16-24(14-15-28(29)31)37-23-10-6-5-7-11-23/h5-16,21-22,25,32H,3-4,17-20H2,1-2H3. The Bertz CT molecular complexity index is 1320. The molecule has 0 radical (unpaired) electrons.